The summed E-state index contributed by atoms with van der Waals surface area (Å²) < 4.78 is 27.4. The first-order valence-corrected chi connectivity index (χ1v) is 12.0. The van der Waals surface area contributed by atoms with Gasteiger partial charge in [-0.2, -0.15) is 4.31 Å². The lowest BCUT2D eigenvalue weighted by molar-refractivity contribution is 0.0942. The summed E-state index contributed by atoms with van der Waals surface area (Å²) in [6.45, 7) is 0.943. The lowest BCUT2D eigenvalue weighted by atomic mass is 9.98. The predicted molar refractivity (Wildman–Crippen MR) is 122 cm³/mol. The van der Waals surface area contributed by atoms with E-state index in [-0.39, 0.29) is 27.4 Å². The quantitative estimate of drug-likeness (QED) is 0.589. The maximum absolute atomic E-state index is 13.2. The van der Waals surface area contributed by atoms with Crippen LogP contribution in [0.5, 0.6) is 0 Å². The molecule has 0 aromatic heterocycles. The fourth-order valence-corrected chi connectivity index (χ4v) is 5.79. The molecule has 0 aliphatic carbocycles. The molecule has 0 spiro atoms. The molecule has 4 rings (SSSR count). The summed E-state index contributed by atoms with van der Waals surface area (Å²) in [7, 11) is -3.74. The van der Waals surface area contributed by atoms with Crippen LogP contribution in [0.15, 0.2) is 83.8 Å². The van der Waals surface area contributed by atoms with Crippen LogP contribution in [0.25, 0.3) is 0 Å². The molecule has 0 unspecified atom stereocenters. The van der Waals surface area contributed by atoms with Gasteiger partial charge in [0.05, 0.1) is 11.1 Å². The lowest BCUT2D eigenvalue weighted by Gasteiger charge is -2.21. The summed E-state index contributed by atoms with van der Waals surface area (Å²) in [4.78, 5) is 13.1. The number of amides is 1. The highest BCUT2D eigenvalue weighted by Crippen LogP contribution is 2.29. The molecule has 0 saturated carbocycles. The van der Waals surface area contributed by atoms with E-state index in [0.29, 0.717) is 13.1 Å². The maximum atomic E-state index is 13.2. The van der Waals surface area contributed by atoms with Gasteiger partial charge in [-0.05, 0) is 42.2 Å². The van der Waals surface area contributed by atoms with Gasteiger partial charge in [-0.3, -0.25) is 4.79 Å². The van der Waals surface area contributed by atoms with E-state index in [0.717, 1.165) is 24.0 Å². The first-order chi connectivity index (χ1) is 15.0. The zero-order chi connectivity index (χ0) is 21.8. The number of carbonyl (C=O) groups excluding carboxylic acids is 1. The standard InChI is InChI=1S/C24H23ClN2O3S/c25-21-14-13-20(17-22(21)31(29,30)27-15-7-8-16-27)24(28)26-23(18-9-3-1-4-10-18)19-11-5-2-6-12-19/h1-6,9-14,17,23H,7-8,15-16H2,(H,26,28). The van der Waals surface area contributed by atoms with Crippen LogP contribution < -0.4 is 5.32 Å². The molecule has 1 fully saturated rings. The smallest absolute Gasteiger partial charge is 0.252 e. The first kappa shape index (κ1) is 21.6. The van der Waals surface area contributed by atoms with Gasteiger partial charge in [0.25, 0.3) is 5.91 Å². The number of hydrogen-bond acceptors (Lipinski definition) is 3. The van der Waals surface area contributed by atoms with Crippen LogP contribution in [0.2, 0.25) is 5.02 Å². The average Bonchev–Trinajstić information content (AvgIpc) is 3.35. The Bertz CT molecular complexity index is 1120. The van der Waals surface area contributed by atoms with E-state index in [1.807, 2.05) is 60.7 Å². The molecule has 3 aromatic rings. The Labute approximate surface area is 187 Å². The van der Waals surface area contributed by atoms with Crippen LogP contribution in [-0.4, -0.2) is 31.7 Å². The molecule has 7 heteroatoms. The summed E-state index contributed by atoms with van der Waals surface area (Å²) in [6, 6.07) is 23.3. The van der Waals surface area contributed by atoms with Crippen molar-refractivity contribution in [2.24, 2.45) is 0 Å². The molecule has 3 aromatic carbocycles. The lowest BCUT2D eigenvalue weighted by Crippen LogP contribution is -2.30. The Morgan fingerprint density at radius 1 is 0.871 bits per heavy atom. The molecule has 0 radical (unpaired) electrons. The number of carbonyl (C=O) groups is 1. The molecule has 5 nitrogen and oxygen atoms in total. The SMILES string of the molecule is O=C(NC(c1ccccc1)c1ccccc1)c1ccc(Cl)c(S(=O)(=O)N2CCCC2)c1. The molecule has 1 heterocycles. The molecular formula is C24H23ClN2O3S. The highest BCUT2D eigenvalue weighted by Gasteiger charge is 2.30. The maximum Gasteiger partial charge on any atom is 0.252 e. The fourth-order valence-electron chi connectivity index (χ4n) is 3.77. The van der Waals surface area contributed by atoms with Crippen molar-refractivity contribution in [1.82, 2.24) is 9.62 Å². The molecule has 31 heavy (non-hydrogen) atoms. The molecule has 1 N–H and O–H groups in total. The van der Waals surface area contributed by atoms with Crippen LogP contribution >= 0.6 is 11.6 Å². The third-order valence-electron chi connectivity index (χ3n) is 5.42. The zero-order valence-electron chi connectivity index (χ0n) is 16.9. The molecule has 1 aliphatic heterocycles. The van der Waals surface area contributed by atoms with E-state index in [2.05, 4.69) is 5.32 Å². The van der Waals surface area contributed by atoms with Crippen LogP contribution in [0.3, 0.4) is 0 Å². The van der Waals surface area contributed by atoms with Gasteiger partial charge in [-0.25, -0.2) is 8.42 Å². The minimum Gasteiger partial charge on any atom is -0.341 e. The van der Waals surface area contributed by atoms with Gasteiger partial charge in [0, 0.05) is 18.7 Å². The zero-order valence-corrected chi connectivity index (χ0v) is 18.4. The van der Waals surface area contributed by atoms with E-state index in [1.165, 1.54) is 16.4 Å². The third kappa shape index (κ3) is 4.66. The number of nitrogens with zero attached hydrogens (tertiary/aromatic N) is 1. The second kappa shape index (κ2) is 9.22. The Morgan fingerprint density at radius 2 is 1.42 bits per heavy atom. The van der Waals surface area contributed by atoms with Crippen molar-refractivity contribution in [3.05, 3.63) is 101 Å². The summed E-state index contributed by atoms with van der Waals surface area (Å²) >= 11 is 6.22. The van der Waals surface area contributed by atoms with Gasteiger partial charge in [-0.15, -0.1) is 0 Å². The Hall–Kier alpha value is -2.67. The van der Waals surface area contributed by atoms with Crippen molar-refractivity contribution in [2.75, 3.05) is 13.1 Å². The fraction of sp³-hybridized carbons (Fsp3) is 0.208. The molecular weight excluding hydrogens is 432 g/mol. The van der Waals surface area contributed by atoms with Gasteiger partial charge >= 0.3 is 0 Å². The molecule has 1 amide bonds. The van der Waals surface area contributed by atoms with Crippen molar-refractivity contribution in [2.45, 2.75) is 23.8 Å². The Morgan fingerprint density at radius 3 is 1.97 bits per heavy atom. The van der Waals surface area contributed by atoms with Crippen LogP contribution in [0.1, 0.15) is 40.4 Å². The van der Waals surface area contributed by atoms with Crippen LogP contribution in [-0.2, 0) is 10.0 Å². The summed E-state index contributed by atoms with van der Waals surface area (Å²) in [5.41, 5.74) is 2.11. The van der Waals surface area contributed by atoms with Gasteiger partial charge in [-0.1, -0.05) is 72.3 Å². The number of benzene rings is 3. The van der Waals surface area contributed by atoms with E-state index >= 15 is 0 Å². The normalized spacial score (nSPS) is 14.6. The summed E-state index contributed by atoms with van der Waals surface area (Å²) in [6.07, 6.45) is 1.65. The Kier molecular flexibility index (Phi) is 6.41. The molecule has 1 saturated heterocycles. The third-order valence-corrected chi connectivity index (χ3v) is 7.80. The monoisotopic (exact) mass is 454 g/mol. The highest BCUT2D eigenvalue weighted by atomic mass is 35.5. The summed E-state index contributed by atoms with van der Waals surface area (Å²) in [5.74, 6) is -0.368. The number of rotatable bonds is 6. The molecule has 160 valence electrons. The van der Waals surface area contributed by atoms with E-state index in [1.54, 1.807) is 6.07 Å². The second-order valence-corrected chi connectivity index (χ2v) is 9.80. The van der Waals surface area contributed by atoms with Crippen molar-refractivity contribution < 1.29 is 13.2 Å². The van der Waals surface area contributed by atoms with Crippen molar-refractivity contribution in [3.63, 3.8) is 0 Å². The molecule has 0 bridgehead atoms. The largest absolute Gasteiger partial charge is 0.341 e. The Balaban J connectivity index is 1.66. The van der Waals surface area contributed by atoms with Crippen molar-refractivity contribution in [1.29, 1.82) is 0 Å². The number of nitrogens with one attached hydrogen (secondary N) is 1. The minimum atomic E-state index is -3.74. The molecule has 1 aliphatic rings. The van der Waals surface area contributed by atoms with Gasteiger partial charge in [0.2, 0.25) is 10.0 Å². The predicted octanol–water partition coefficient (Wildman–Crippen LogP) is 4.64. The van der Waals surface area contributed by atoms with E-state index < -0.39 is 10.0 Å². The first-order valence-electron chi connectivity index (χ1n) is 10.2. The summed E-state index contributed by atoms with van der Waals surface area (Å²) in [5, 5.41) is 3.16. The van der Waals surface area contributed by atoms with Crippen LogP contribution in [0, 0.1) is 0 Å². The van der Waals surface area contributed by atoms with Gasteiger partial charge in [0.1, 0.15) is 4.90 Å². The number of halogens is 1. The minimum absolute atomic E-state index is 0.0281. The molecule has 0 atom stereocenters. The number of hydrogen-bond donors (Lipinski definition) is 1. The van der Waals surface area contributed by atoms with Gasteiger partial charge < -0.3 is 5.32 Å². The topological polar surface area (TPSA) is 66.5 Å². The highest BCUT2D eigenvalue weighted by molar-refractivity contribution is 7.89. The number of sulfonamides is 1. The second-order valence-electron chi connectivity index (χ2n) is 7.48. The van der Waals surface area contributed by atoms with Crippen LogP contribution in [0.4, 0.5) is 0 Å². The van der Waals surface area contributed by atoms with Crippen molar-refractivity contribution in [3.8, 4) is 0 Å². The van der Waals surface area contributed by atoms with Gasteiger partial charge in [0.15, 0.2) is 0 Å². The van der Waals surface area contributed by atoms with E-state index in [4.69, 9.17) is 11.6 Å². The van der Waals surface area contributed by atoms with E-state index in [9.17, 15) is 13.2 Å². The van der Waals surface area contributed by atoms with Crippen molar-refractivity contribution >= 4 is 27.5 Å². The average molecular weight is 455 g/mol.